The number of rotatable bonds is 8. The Hall–Kier alpha value is -2.58. The molecular formula is C20H21N3O3S2. The predicted molar refractivity (Wildman–Crippen MR) is 113 cm³/mol. The molecule has 0 atom stereocenters. The van der Waals surface area contributed by atoms with Crippen molar-refractivity contribution in [2.45, 2.75) is 29.7 Å². The summed E-state index contributed by atoms with van der Waals surface area (Å²) < 4.78 is 11.9. The van der Waals surface area contributed by atoms with Gasteiger partial charge < -0.3 is 9.15 Å². The Balaban J connectivity index is 1.53. The van der Waals surface area contributed by atoms with Crippen LogP contribution >= 0.6 is 23.1 Å². The third kappa shape index (κ3) is 5.46. The van der Waals surface area contributed by atoms with E-state index in [2.05, 4.69) is 29.1 Å². The average molecular weight is 416 g/mol. The van der Waals surface area contributed by atoms with Gasteiger partial charge >= 0.3 is 0 Å². The second kappa shape index (κ2) is 9.57. The summed E-state index contributed by atoms with van der Waals surface area (Å²) in [5, 5.41) is 3.32. The Labute approximate surface area is 172 Å². The Morgan fingerprint density at radius 2 is 2.14 bits per heavy atom. The SMILES string of the molecule is COc1ccccc1/C=C/C(=O)Nc1ncc(SCc2ncc(C(C)C)o2)s1. The van der Waals surface area contributed by atoms with Gasteiger partial charge in [0.05, 0.1) is 29.5 Å². The number of methoxy groups -OCH3 is 1. The number of aromatic nitrogens is 2. The molecule has 0 radical (unpaired) electrons. The molecule has 0 saturated heterocycles. The molecule has 8 heteroatoms. The topological polar surface area (TPSA) is 77.2 Å². The lowest BCUT2D eigenvalue weighted by molar-refractivity contribution is -0.111. The number of hydrogen-bond acceptors (Lipinski definition) is 7. The number of nitrogens with zero attached hydrogens (tertiary/aromatic N) is 2. The number of oxazole rings is 1. The minimum absolute atomic E-state index is 0.244. The lowest BCUT2D eigenvalue weighted by Crippen LogP contribution is -2.07. The molecule has 0 saturated carbocycles. The first-order chi connectivity index (χ1) is 13.5. The molecule has 3 aromatic rings. The monoisotopic (exact) mass is 415 g/mol. The second-order valence-electron chi connectivity index (χ2n) is 6.15. The summed E-state index contributed by atoms with van der Waals surface area (Å²) in [7, 11) is 1.60. The van der Waals surface area contributed by atoms with Crippen LogP contribution in [0.1, 0.15) is 37.0 Å². The summed E-state index contributed by atoms with van der Waals surface area (Å²) in [4.78, 5) is 20.7. The number of benzene rings is 1. The lowest BCUT2D eigenvalue weighted by atomic mass is 10.2. The molecule has 0 unspecified atom stereocenters. The number of amides is 1. The van der Waals surface area contributed by atoms with Crippen LogP contribution in [0.3, 0.4) is 0 Å². The van der Waals surface area contributed by atoms with Gasteiger partial charge in [-0.3, -0.25) is 10.1 Å². The van der Waals surface area contributed by atoms with Gasteiger partial charge in [0.15, 0.2) is 5.13 Å². The van der Waals surface area contributed by atoms with Gasteiger partial charge in [-0.15, -0.1) is 11.8 Å². The molecule has 0 fully saturated rings. The van der Waals surface area contributed by atoms with Crippen LogP contribution in [0.15, 0.2) is 51.4 Å². The number of nitrogens with one attached hydrogen (secondary N) is 1. The fourth-order valence-electron chi connectivity index (χ4n) is 2.29. The van der Waals surface area contributed by atoms with Crippen LogP contribution in [0, 0.1) is 0 Å². The second-order valence-corrected chi connectivity index (χ2v) is 8.45. The maximum absolute atomic E-state index is 12.1. The van der Waals surface area contributed by atoms with Crippen molar-refractivity contribution in [3.8, 4) is 5.75 Å². The molecule has 3 rings (SSSR count). The first-order valence-corrected chi connectivity index (χ1v) is 10.5. The maximum atomic E-state index is 12.1. The molecule has 0 aliphatic heterocycles. The number of para-hydroxylation sites is 1. The zero-order valence-electron chi connectivity index (χ0n) is 15.8. The third-order valence-electron chi connectivity index (χ3n) is 3.75. The third-order valence-corrected chi connectivity index (χ3v) is 5.84. The number of thioether (sulfide) groups is 1. The minimum Gasteiger partial charge on any atom is -0.496 e. The van der Waals surface area contributed by atoms with Crippen molar-refractivity contribution in [2.75, 3.05) is 12.4 Å². The molecule has 0 aliphatic carbocycles. The van der Waals surface area contributed by atoms with Crippen LogP contribution in [-0.4, -0.2) is 23.0 Å². The van der Waals surface area contributed by atoms with Crippen LogP contribution < -0.4 is 10.1 Å². The Bertz CT molecular complexity index is 963. The summed E-state index contributed by atoms with van der Waals surface area (Å²) >= 11 is 2.99. The van der Waals surface area contributed by atoms with Gasteiger partial charge in [0.2, 0.25) is 11.8 Å². The zero-order valence-corrected chi connectivity index (χ0v) is 17.5. The van der Waals surface area contributed by atoms with Crippen molar-refractivity contribution in [3.63, 3.8) is 0 Å². The molecule has 0 bridgehead atoms. The van der Waals surface area contributed by atoms with E-state index in [1.165, 1.54) is 17.4 Å². The first-order valence-electron chi connectivity index (χ1n) is 8.70. The van der Waals surface area contributed by atoms with Gasteiger partial charge in [0, 0.05) is 17.6 Å². The highest BCUT2D eigenvalue weighted by atomic mass is 32.2. The molecule has 146 valence electrons. The van der Waals surface area contributed by atoms with E-state index in [-0.39, 0.29) is 5.91 Å². The van der Waals surface area contributed by atoms with Gasteiger partial charge in [-0.1, -0.05) is 43.4 Å². The molecule has 2 heterocycles. The summed E-state index contributed by atoms with van der Waals surface area (Å²) in [6.45, 7) is 4.13. The molecule has 0 aliphatic rings. The van der Waals surface area contributed by atoms with Crippen LogP contribution in [0.4, 0.5) is 5.13 Å². The number of carbonyl (C=O) groups excluding carboxylic acids is 1. The van der Waals surface area contributed by atoms with E-state index < -0.39 is 0 Å². The van der Waals surface area contributed by atoms with Crippen LogP contribution in [-0.2, 0) is 10.5 Å². The number of thiazole rings is 1. The van der Waals surface area contributed by atoms with E-state index in [4.69, 9.17) is 9.15 Å². The fourth-order valence-corrected chi connectivity index (χ4v) is 4.02. The van der Waals surface area contributed by atoms with Gasteiger partial charge in [-0.2, -0.15) is 0 Å². The summed E-state index contributed by atoms with van der Waals surface area (Å²) in [5.41, 5.74) is 0.835. The minimum atomic E-state index is -0.244. The highest BCUT2D eigenvalue weighted by Gasteiger charge is 2.10. The van der Waals surface area contributed by atoms with Gasteiger partial charge in [0.1, 0.15) is 11.5 Å². The standard InChI is InChI=1S/C20H21N3O3S2/c1-13(2)16-10-21-18(26-16)12-27-19-11-22-20(28-19)23-17(24)9-8-14-6-4-5-7-15(14)25-3/h4-11,13H,12H2,1-3H3,(H,22,23,24)/b9-8+. The number of hydrogen-bond donors (Lipinski definition) is 1. The van der Waals surface area contributed by atoms with Crippen molar-refractivity contribution in [2.24, 2.45) is 0 Å². The fraction of sp³-hybridized carbons (Fsp3) is 0.250. The summed E-state index contributed by atoms with van der Waals surface area (Å²) in [6.07, 6.45) is 6.69. The van der Waals surface area contributed by atoms with Gasteiger partial charge in [-0.05, 0) is 12.1 Å². The average Bonchev–Trinajstić information content (AvgIpc) is 3.34. The van der Waals surface area contributed by atoms with E-state index in [9.17, 15) is 4.79 Å². The Morgan fingerprint density at radius 3 is 2.89 bits per heavy atom. The van der Waals surface area contributed by atoms with E-state index in [0.29, 0.717) is 28.4 Å². The molecule has 1 N–H and O–H groups in total. The number of anilines is 1. The van der Waals surface area contributed by atoms with Gasteiger partial charge in [0.25, 0.3) is 0 Å². The van der Waals surface area contributed by atoms with E-state index >= 15 is 0 Å². The van der Waals surface area contributed by atoms with Crippen molar-refractivity contribution in [1.82, 2.24) is 9.97 Å². The van der Waals surface area contributed by atoms with Crippen molar-refractivity contribution < 1.29 is 13.9 Å². The predicted octanol–water partition coefficient (Wildman–Crippen LogP) is 5.21. The first kappa shape index (κ1) is 20.2. The summed E-state index contributed by atoms with van der Waals surface area (Å²) in [6, 6.07) is 7.50. The molecule has 28 heavy (non-hydrogen) atoms. The molecule has 1 aromatic carbocycles. The van der Waals surface area contributed by atoms with Crippen LogP contribution in [0.2, 0.25) is 0 Å². The molecule has 6 nitrogen and oxygen atoms in total. The lowest BCUT2D eigenvalue weighted by Gasteiger charge is -2.03. The van der Waals surface area contributed by atoms with Crippen LogP contribution in [0.25, 0.3) is 6.08 Å². The smallest absolute Gasteiger partial charge is 0.250 e. The Morgan fingerprint density at radius 1 is 1.32 bits per heavy atom. The molecule has 2 aromatic heterocycles. The zero-order chi connectivity index (χ0) is 19.9. The summed E-state index contributed by atoms with van der Waals surface area (Å²) in [5.74, 6) is 2.98. The Kier molecular flexibility index (Phi) is 6.89. The normalized spacial score (nSPS) is 11.3. The maximum Gasteiger partial charge on any atom is 0.250 e. The highest BCUT2D eigenvalue weighted by Crippen LogP contribution is 2.31. The number of ether oxygens (including phenoxy) is 1. The van der Waals surface area contributed by atoms with E-state index in [1.807, 2.05) is 24.3 Å². The highest BCUT2D eigenvalue weighted by molar-refractivity contribution is 8.00. The quantitative estimate of drug-likeness (QED) is 0.402. The van der Waals surface area contributed by atoms with Crippen molar-refractivity contribution >= 4 is 40.2 Å². The van der Waals surface area contributed by atoms with Crippen molar-refractivity contribution in [3.05, 3.63) is 59.9 Å². The van der Waals surface area contributed by atoms with Crippen LogP contribution in [0.5, 0.6) is 5.75 Å². The van der Waals surface area contributed by atoms with Gasteiger partial charge in [-0.25, -0.2) is 9.97 Å². The largest absolute Gasteiger partial charge is 0.496 e. The number of carbonyl (C=O) groups is 1. The molecular weight excluding hydrogens is 394 g/mol. The molecule has 1 amide bonds. The van der Waals surface area contributed by atoms with E-state index in [0.717, 1.165) is 15.5 Å². The van der Waals surface area contributed by atoms with Crippen molar-refractivity contribution in [1.29, 1.82) is 0 Å². The molecule has 0 spiro atoms. The van der Waals surface area contributed by atoms with E-state index in [1.54, 1.807) is 37.3 Å².